The molecular formula is C19H17FN2O3. The van der Waals surface area contributed by atoms with Crippen LogP contribution in [0.3, 0.4) is 0 Å². The first kappa shape index (κ1) is 15.8. The first-order valence-electron chi connectivity index (χ1n) is 8.18. The van der Waals surface area contributed by atoms with E-state index in [4.69, 9.17) is 9.47 Å². The molecule has 0 amide bonds. The molecule has 2 heterocycles. The maximum Gasteiger partial charge on any atom is 0.338 e. The Kier molecular flexibility index (Phi) is 4.19. The van der Waals surface area contributed by atoms with Gasteiger partial charge in [-0.15, -0.1) is 0 Å². The van der Waals surface area contributed by atoms with Crippen LogP contribution in [0.25, 0.3) is 11.0 Å². The number of imidazole rings is 1. The highest BCUT2D eigenvalue weighted by atomic mass is 19.1. The van der Waals surface area contributed by atoms with Crippen molar-refractivity contribution in [1.82, 2.24) is 9.55 Å². The Balaban J connectivity index is 1.56. The zero-order valence-corrected chi connectivity index (χ0v) is 13.5. The van der Waals surface area contributed by atoms with E-state index in [1.807, 2.05) is 34.9 Å². The number of carbonyl (C=O) groups excluding carboxylic acids is 1. The zero-order valence-electron chi connectivity index (χ0n) is 13.5. The molecule has 0 saturated carbocycles. The van der Waals surface area contributed by atoms with E-state index in [0.717, 1.165) is 18.6 Å². The molecule has 6 heteroatoms. The van der Waals surface area contributed by atoms with E-state index < -0.39 is 11.8 Å². The van der Waals surface area contributed by atoms with Gasteiger partial charge >= 0.3 is 5.97 Å². The first-order chi connectivity index (χ1) is 12.2. The van der Waals surface area contributed by atoms with E-state index in [2.05, 4.69) is 4.98 Å². The van der Waals surface area contributed by atoms with E-state index in [9.17, 15) is 9.18 Å². The zero-order chi connectivity index (χ0) is 17.2. The smallest absolute Gasteiger partial charge is 0.338 e. The number of hydrogen-bond acceptors (Lipinski definition) is 4. The van der Waals surface area contributed by atoms with Gasteiger partial charge in [0.05, 0.1) is 30.1 Å². The van der Waals surface area contributed by atoms with E-state index in [1.165, 1.54) is 6.07 Å². The molecule has 0 radical (unpaired) electrons. The fourth-order valence-corrected chi connectivity index (χ4v) is 2.84. The highest BCUT2D eigenvalue weighted by Crippen LogP contribution is 2.22. The van der Waals surface area contributed by atoms with E-state index in [1.54, 1.807) is 12.4 Å². The van der Waals surface area contributed by atoms with Crippen LogP contribution in [0.2, 0.25) is 0 Å². The van der Waals surface area contributed by atoms with Crippen molar-refractivity contribution < 1.29 is 18.7 Å². The lowest BCUT2D eigenvalue weighted by atomic mass is 10.1. The molecule has 1 aliphatic heterocycles. The maximum absolute atomic E-state index is 14.3. The normalized spacial score (nSPS) is 16.6. The number of ether oxygens (including phenoxy) is 2. The fraction of sp³-hybridized carbons (Fsp3) is 0.263. The van der Waals surface area contributed by atoms with Crippen molar-refractivity contribution in [3.05, 3.63) is 65.7 Å². The van der Waals surface area contributed by atoms with Crippen molar-refractivity contribution in [3.8, 4) is 0 Å². The standard InChI is InChI=1S/C19H17FN2O3/c20-16-8-14(19(23)25-11-13-4-2-1-3-5-13)9-17-18(16)21-12-22(17)10-15-6-7-24-15/h1-5,8-9,12,15H,6-7,10-11H2/t15-/m0/s1. The van der Waals surface area contributed by atoms with Gasteiger partial charge in [0.2, 0.25) is 0 Å². The van der Waals surface area contributed by atoms with Crippen molar-refractivity contribution >= 4 is 17.0 Å². The molecule has 4 rings (SSSR count). The minimum atomic E-state index is -0.558. The number of rotatable bonds is 5. The number of aromatic nitrogens is 2. The molecule has 0 aliphatic carbocycles. The SMILES string of the molecule is O=C(OCc1ccccc1)c1cc(F)c2ncn(C[C@@H]3CCO3)c2c1. The van der Waals surface area contributed by atoms with Crippen LogP contribution in [0, 0.1) is 5.82 Å². The van der Waals surface area contributed by atoms with E-state index in [0.29, 0.717) is 12.1 Å². The van der Waals surface area contributed by atoms with Gasteiger partial charge in [0.25, 0.3) is 0 Å². The second-order valence-corrected chi connectivity index (χ2v) is 6.07. The van der Waals surface area contributed by atoms with Crippen molar-refractivity contribution in [2.45, 2.75) is 25.7 Å². The van der Waals surface area contributed by atoms with E-state index in [-0.39, 0.29) is 23.8 Å². The van der Waals surface area contributed by atoms with Crippen molar-refractivity contribution in [2.75, 3.05) is 6.61 Å². The van der Waals surface area contributed by atoms with Gasteiger partial charge in [0.15, 0.2) is 5.82 Å². The maximum atomic E-state index is 14.3. The highest BCUT2D eigenvalue weighted by Gasteiger charge is 2.21. The number of benzene rings is 2. The van der Waals surface area contributed by atoms with Gasteiger partial charge in [-0.2, -0.15) is 0 Å². The lowest BCUT2D eigenvalue weighted by Crippen LogP contribution is -2.30. The number of halogens is 1. The van der Waals surface area contributed by atoms with Crippen LogP contribution >= 0.6 is 0 Å². The minimum Gasteiger partial charge on any atom is -0.457 e. The van der Waals surface area contributed by atoms with Gasteiger partial charge < -0.3 is 14.0 Å². The molecule has 128 valence electrons. The molecule has 1 saturated heterocycles. The number of esters is 1. The minimum absolute atomic E-state index is 0.120. The highest BCUT2D eigenvalue weighted by molar-refractivity contribution is 5.93. The Labute approximate surface area is 144 Å². The Morgan fingerprint density at radius 3 is 2.84 bits per heavy atom. The van der Waals surface area contributed by atoms with Crippen LogP contribution in [0.5, 0.6) is 0 Å². The van der Waals surface area contributed by atoms with Crippen molar-refractivity contribution in [2.24, 2.45) is 0 Å². The van der Waals surface area contributed by atoms with Crippen LogP contribution in [-0.4, -0.2) is 28.2 Å². The molecule has 0 spiro atoms. The van der Waals surface area contributed by atoms with Crippen LogP contribution in [0.1, 0.15) is 22.3 Å². The van der Waals surface area contributed by atoms with Gasteiger partial charge in [-0.3, -0.25) is 0 Å². The Morgan fingerprint density at radius 1 is 1.32 bits per heavy atom. The predicted octanol–water partition coefficient (Wildman–Crippen LogP) is 3.32. The second-order valence-electron chi connectivity index (χ2n) is 6.07. The number of hydrogen-bond donors (Lipinski definition) is 0. The summed E-state index contributed by atoms with van der Waals surface area (Å²) in [6.45, 7) is 1.50. The van der Waals surface area contributed by atoms with Gasteiger partial charge in [0, 0.05) is 6.61 Å². The molecule has 3 aromatic rings. The van der Waals surface area contributed by atoms with E-state index >= 15 is 0 Å². The largest absolute Gasteiger partial charge is 0.457 e. The third kappa shape index (κ3) is 3.25. The van der Waals surface area contributed by atoms with Gasteiger partial charge in [-0.05, 0) is 24.1 Å². The molecule has 5 nitrogen and oxygen atoms in total. The van der Waals surface area contributed by atoms with Crippen LogP contribution in [0.15, 0.2) is 48.8 Å². The van der Waals surface area contributed by atoms with Crippen LogP contribution in [-0.2, 0) is 22.6 Å². The molecule has 25 heavy (non-hydrogen) atoms. The molecule has 0 unspecified atom stereocenters. The van der Waals surface area contributed by atoms with Crippen LogP contribution < -0.4 is 0 Å². The first-order valence-corrected chi connectivity index (χ1v) is 8.18. The van der Waals surface area contributed by atoms with Gasteiger partial charge in [-0.25, -0.2) is 14.2 Å². The summed E-state index contributed by atoms with van der Waals surface area (Å²) in [5, 5.41) is 0. The summed E-state index contributed by atoms with van der Waals surface area (Å²) in [5.41, 5.74) is 1.88. The van der Waals surface area contributed by atoms with Gasteiger partial charge in [-0.1, -0.05) is 30.3 Å². The average Bonchev–Trinajstić information content (AvgIpc) is 3.00. The average molecular weight is 340 g/mol. The second kappa shape index (κ2) is 6.64. The molecular weight excluding hydrogens is 323 g/mol. The third-order valence-corrected chi connectivity index (χ3v) is 4.32. The third-order valence-electron chi connectivity index (χ3n) is 4.32. The number of nitrogens with zero attached hydrogens (tertiary/aromatic N) is 2. The molecule has 1 aliphatic rings. The summed E-state index contributed by atoms with van der Waals surface area (Å²) < 4.78 is 26.8. The molecule has 2 aromatic carbocycles. The topological polar surface area (TPSA) is 53.3 Å². The summed E-state index contributed by atoms with van der Waals surface area (Å²) in [6, 6.07) is 12.2. The lowest BCUT2D eigenvalue weighted by molar-refractivity contribution is -0.0586. The molecule has 0 N–H and O–H groups in total. The monoisotopic (exact) mass is 340 g/mol. The lowest BCUT2D eigenvalue weighted by Gasteiger charge is -2.26. The van der Waals surface area contributed by atoms with Gasteiger partial charge in [0.1, 0.15) is 12.1 Å². The Bertz CT molecular complexity index is 904. The fourth-order valence-electron chi connectivity index (χ4n) is 2.84. The summed E-state index contributed by atoms with van der Waals surface area (Å²) in [4.78, 5) is 16.4. The molecule has 0 bridgehead atoms. The van der Waals surface area contributed by atoms with Crippen molar-refractivity contribution in [3.63, 3.8) is 0 Å². The Morgan fingerprint density at radius 2 is 2.12 bits per heavy atom. The summed E-state index contributed by atoms with van der Waals surface area (Å²) in [6.07, 6.45) is 2.67. The summed E-state index contributed by atoms with van der Waals surface area (Å²) >= 11 is 0. The number of fused-ring (bicyclic) bond motifs is 1. The summed E-state index contributed by atoms with van der Waals surface area (Å²) in [7, 11) is 0. The van der Waals surface area contributed by atoms with Crippen LogP contribution in [0.4, 0.5) is 4.39 Å². The predicted molar refractivity (Wildman–Crippen MR) is 89.6 cm³/mol. The Hall–Kier alpha value is -2.73. The summed E-state index contributed by atoms with van der Waals surface area (Å²) in [5.74, 6) is -1.09. The molecule has 1 atom stereocenters. The number of carbonyl (C=O) groups is 1. The molecule has 1 fully saturated rings. The quantitative estimate of drug-likeness (QED) is 0.669. The molecule has 1 aromatic heterocycles. The van der Waals surface area contributed by atoms with Crippen molar-refractivity contribution in [1.29, 1.82) is 0 Å².